The molecule has 0 atom stereocenters. The largest absolute Gasteiger partial charge is 0.361 e. The third-order valence-electron chi connectivity index (χ3n) is 5.13. The third kappa shape index (κ3) is 4.45. The van der Waals surface area contributed by atoms with Crippen LogP contribution in [0.2, 0.25) is 0 Å². The van der Waals surface area contributed by atoms with Crippen LogP contribution in [0, 0.1) is 12.7 Å². The highest BCUT2D eigenvalue weighted by Crippen LogP contribution is 2.19. The van der Waals surface area contributed by atoms with Crippen LogP contribution in [0.5, 0.6) is 0 Å². The van der Waals surface area contributed by atoms with Crippen LogP contribution in [0.3, 0.4) is 0 Å². The lowest BCUT2D eigenvalue weighted by Gasteiger charge is -2.11. The van der Waals surface area contributed by atoms with E-state index >= 15 is 0 Å². The SMILES string of the molecule is CCNC(=NCCc1cn2cccc(C)c2n1)NCCc1c[nH]c2ccc(F)cc12. The topological polar surface area (TPSA) is 69.5 Å². The molecule has 7 heteroatoms. The molecule has 3 N–H and O–H groups in total. The number of H-pyrrole nitrogens is 1. The van der Waals surface area contributed by atoms with Crippen molar-refractivity contribution in [1.29, 1.82) is 0 Å². The van der Waals surface area contributed by atoms with Gasteiger partial charge >= 0.3 is 0 Å². The first-order valence-electron chi connectivity index (χ1n) is 10.3. The highest BCUT2D eigenvalue weighted by molar-refractivity contribution is 5.83. The molecule has 0 saturated carbocycles. The number of pyridine rings is 1. The van der Waals surface area contributed by atoms with E-state index in [1.54, 1.807) is 12.1 Å². The molecule has 3 aromatic heterocycles. The van der Waals surface area contributed by atoms with Crippen LogP contribution in [-0.2, 0) is 12.8 Å². The van der Waals surface area contributed by atoms with Gasteiger partial charge in [0.05, 0.1) is 5.69 Å². The van der Waals surface area contributed by atoms with Gasteiger partial charge in [-0.15, -0.1) is 0 Å². The van der Waals surface area contributed by atoms with Crippen molar-refractivity contribution < 1.29 is 4.39 Å². The predicted molar refractivity (Wildman–Crippen MR) is 120 cm³/mol. The zero-order chi connectivity index (χ0) is 20.9. The summed E-state index contributed by atoms with van der Waals surface area (Å²) in [6, 6.07) is 8.92. The Hall–Kier alpha value is -3.35. The number of nitrogens with zero attached hydrogens (tertiary/aromatic N) is 3. The lowest BCUT2D eigenvalue weighted by atomic mass is 10.1. The second-order valence-corrected chi connectivity index (χ2v) is 7.35. The van der Waals surface area contributed by atoms with Crippen molar-refractivity contribution in [3.05, 3.63) is 71.6 Å². The number of hydrogen-bond acceptors (Lipinski definition) is 2. The maximum atomic E-state index is 13.5. The van der Waals surface area contributed by atoms with Crippen LogP contribution < -0.4 is 10.6 Å². The average molecular weight is 407 g/mol. The van der Waals surface area contributed by atoms with Crippen LogP contribution >= 0.6 is 0 Å². The zero-order valence-corrected chi connectivity index (χ0v) is 17.4. The molecule has 0 bridgehead atoms. The monoisotopic (exact) mass is 406 g/mol. The molecule has 1 aromatic carbocycles. The molecule has 4 rings (SSSR count). The first-order valence-corrected chi connectivity index (χ1v) is 10.3. The molecule has 0 amide bonds. The Bertz CT molecular complexity index is 1170. The number of nitrogens with one attached hydrogen (secondary N) is 3. The van der Waals surface area contributed by atoms with E-state index in [1.165, 1.54) is 11.6 Å². The third-order valence-corrected chi connectivity index (χ3v) is 5.13. The van der Waals surface area contributed by atoms with Crippen LogP contribution in [0.4, 0.5) is 4.39 Å². The first-order chi connectivity index (χ1) is 14.6. The molecule has 0 radical (unpaired) electrons. The molecule has 3 heterocycles. The van der Waals surface area contributed by atoms with Crippen LogP contribution in [0.15, 0.2) is 53.9 Å². The van der Waals surface area contributed by atoms with E-state index in [1.807, 2.05) is 25.4 Å². The summed E-state index contributed by atoms with van der Waals surface area (Å²) in [4.78, 5) is 12.6. The summed E-state index contributed by atoms with van der Waals surface area (Å²) in [5.41, 5.74) is 5.24. The zero-order valence-electron chi connectivity index (χ0n) is 17.4. The van der Waals surface area contributed by atoms with Gasteiger partial charge in [-0.25, -0.2) is 9.37 Å². The Morgan fingerprint density at radius 3 is 2.97 bits per heavy atom. The van der Waals surface area contributed by atoms with Gasteiger partial charge in [-0.05, 0) is 55.7 Å². The number of halogens is 1. The Balaban J connectivity index is 1.35. The van der Waals surface area contributed by atoms with E-state index in [-0.39, 0.29) is 5.82 Å². The second-order valence-electron chi connectivity index (χ2n) is 7.35. The molecule has 0 saturated heterocycles. The fourth-order valence-corrected chi connectivity index (χ4v) is 3.62. The summed E-state index contributed by atoms with van der Waals surface area (Å²) >= 11 is 0. The van der Waals surface area contributed by atoms with Gasteiger partial charge in [-0.1, -0.05) is 6.07 Å². The Labute approximate surface area is 175 Å². The Morgan fingerprint density at radius 2 is 2.13 bits per heavy atom. The smallest absolute Gasteiger partial charge is 0.191 e. The van der Waals surface area contributed by atoms with Gasteiger partial charge < -0.3 is 20.0 Å². The van der Waals surface area contributed by atoms with Gasteiger partial charge in [0.15, 0.2) is 5.96 Å². The minimum Gasteiger partial charge on any atom is -0.361 e. The molecular formula is C23H27FN6. The molecule has 30 heavy (non-hydrogen) atoms. The highest BCUT2D eigenvalue weighted by Gasteiger charge is 2.06. The van der Waals surface area contributed by atoms with Gasteiger partial charge in [-0.2, -0.15) is 0 Å². The van der Waals surface area contributed by atoms with Gasteiger partial charge in [0.2, 0.25) is 0 Å². The number of aromatic nitrogens is 3. The van der Waals surface area contributed by atoms with E-state index < -0.39 is 0 Å². The van der Waals surface area contributed by atoms with Gasteiger partial charge in [0, 0.05) is 55.5 Å². The maximum Gasteiger partial charge on any atom is 0.191 e. The minimum absolute atomic E-state index is 0.214. The molecule has 0 fully saturated rings. The summed E-state index contributed by atoms with van der Waals surface area (Å²) < 4.78 is 15.6. The van der Waals surface area contributed by atoms with Crippen molar-refractivity contribution >= 4 is 22.5 Å². The van der Waals surface area contributed by atoms with E-state index in [0.717, 1.165) is 53.2 Å². The first kappa shape index (κ1) is 19.9. The number of fused-ring (bicyclic) bond motifs is 2. The fourth-order valence-electron chi connectivity index (χ4n) is 3.62. The van der Waals surface area contributed by atoms with Crippen molar-refractivity contribution in [1.82, 2.24) is 25.0 Å². The summed E-state index contributed by atoms with van der Waals surface area (Å²) in [6.45, 7) is 6.27. The van der Waals surface area contributed by atoms with Crippen molar-refractivity contribution in [2.24, 2.45) is 4.99 Å². The van der Waals surface area contributed by atoms with Crippen LogP contribution in [-0.4, -0.2) is 40.0 Å². The summed E-state index contributed by atoms with van der Waals surface area (Å²) in [7, 11) is 0. The number of hydrogen-bond donors (Lipinski definition) is 3. The normalized spacial score (nSPS) is 12.0. The highest BCUT2D eigenvalue weighted by atomic mass is 19.1. The van der Waals surface area contributed by atoms with E-state index in [4.69, 9.17) is 4.98 Å². The van der Waals surface area contributed by atoms with E-state index in [0.29, 0.717) is 13.1 Å². The maximum absolute atomic E-state index is 13.5. The summed E-state index contributed by atoms with van der Waals surface area (Å²) in [5.74, 6) is 0.566. The standard InChI is InChI=1S/C23H27FN6/c1-3-25-23(26-10-8-17-14-28-21-7-6-18(24)13-20(17)21)27-11-9-19-15-30-12-4-5-16(2)22(30)29-19/h4-7,12-15,28H,3,8-11H2,1-2H3,(H2,25,26,27). The quantitative estimate of drug-likeness (QED) is 0.324. The van der Waals surface area contributed by atoms with Crippen molar-refractivity contribution in [3.8, 4) is 0 Å². The predicted octanol–water partition coefficient (Wildman–Crippen LogP) is 3.60. The number of guanidine groups is 1. The van der Waals surface area contributed by atoms with Crippen LogP contribution in [0.25, 0.3) is 16.6 Å². The Kier molecular flexibility index (Phi) is 5.97. The van der Waals surface area contributed by atoms with Gasteiger partial charge in [-0.3, -0.25) is 4.99 Å². The number of aromatic amines is 1. The molecule has 156 valence electrons. The molecule has 0 aliphatic rings. The number of rotatable bonds is 7. The fraction of sp³-hybridized carbons (Fsp3) is 0.304. The molecule has 0 spiro atoms. The number of aliphatic imine (C=N–C) groups is 1. The van der Waals surface area contributed by atoms with Crippen LogP contribution in [0.1, 0.15) is 23.7 Å². The molecule has 6 nitrogen and oxygen atoms in total. The Morgan fingerprint density at radius 1 is 1.23 bits per heavy atom. The second kappa shape index (κ2) is 8.98. The van der Waals surface area contributed by atoms with Crippen molar-refractivity contribution in [2.75, 3.05) is 19.6 Å². The van der Waals surface area contributed by atoms with Gasteiger partial charge in [0.25, 0.3) is 0 Å². The number of benzene rings is 1. The lowest BCUT2D eigenvalue weighted by Crippen LogP contribution is -2.38. The van der Waals surface area contributed by atoms with E-state index in [9.17, 15) is 4.39 Å². The number of imidazole rings is 1. The molecule has 0 aliphatic carbocycles. The average Bonchev–Trinajstić information content (AvgIpc) is 3.33. The molecule has 0 aliphatic heterocycles. The number of aryl methyl sites for hydroxylation is 1. The van der Waals surface area contributed by atoms with Crippen molar-refractivity contribution in [3.63, 3.8) is 0 Å². The molecule has 0 unspecified atom stereocenters. The minimum atomic E-state index is -0.214. The molecule has 4 aromatic rings. The summed E-state index contributed by atoms with van der Waals surface area (Å²) in [6.07, 6.45) is 7.58. The van der Waals surface area contributed by atoms with E-state index in [2.05, 4.69) is 44.2 Å². The molecular weight excluding hydrogens is 379 g/mol. The van der Waals surface area contributed by atoms with Crippen molar-refractivity contribution in [2.45, 2.75) is 26.7 Å². The lowest BCUT2D eigenvalue weighted by molar-refractivity contribution is 0.629. The van der Waals surface area contributed by atoms with Gasteiger partial charge in [0.1, 0.15) is 11.5 Å². The summed E-state index contributed by atoms with van der Waals surface area (Å²) in [5, 5.41) is 7.57.